The van der Waals surface area contributed by atoms with Gasteiger partial charge in [-0.15, -0.1) is 0 Å². The second-order valence-corrected chi connectivity index (χ2v) is 6.08. The normalized spacial score (nSPS) is 13.9. The van der Waals surface area contributed by atoms with E-state index >= 15 is 0 Å². The Morgan fingerprint density at radius 3 is 2.55 bits per heavy atom. The zero-order chi connectivity index (χ0) is 16.5. The Morgan fingerprint density at radius 1 is 1.27 bits per heavy atom. The lowest BCUT2D eigenvalue weighted by Crippen LogP contribution is -2.29. The summed E-state index contributed by atoms with van der Waals surface area (Å²) < 4.78 is 10.2. The molecule has 1 aromatic carbocycles. The van der Waals surface area contributed by atoms with Crippen molar-refractivity contribution in [3.63, 3.8) is 0 Å². The van der Waals surface area contributed by atoms with Crippen LogP contribution in [0.2, 0.25) is 0 Å². The van der Waals surface area contributed by atoms with Gasteiger partial charge in [-0.3, -0.25) is 9.59 Å². The van der Waals surface area contributed by atoms with Gasteiger partial charge in [0, 0.05) is 11.8 Å². The average Bonchev–Trinajstić information content (AvgIpc) is 2.45. The average molecular weight is 305 g/mol. The monoisotopic (exact) mass is 305 g/mol. The van der Waals surface area contributed by atoms with Crippen LogP contribution in [0.25, 0.3) is 0 Å². The molecule has 118 valence electrons. The minimum absolute atomic E-state index is 0.0747. The van der Waals surface area contributed by atoms with Gasteiger partial charge in [0.2, 0.25) is 5.91 Å². The number of nitrogens with one attached hydrogen (secondary N) is 1. The molecule has 0 saturated carbocycles. The molecule has 0 spiro atoms. The van der Waals surface area contributed by atoms with E-state index in [2.05, 4.69) is 5.32 Å². The van der Waals surface area contributed by atoms with Crippen molar-refractivity contribution in [3.8, 4) is 5.75 Å². The maximum Gasteiger partial charge on any atom is 0.343 e. The van der Waals surface area contributed by atoms with Crippen LogP contribution in [0.3, 0.4) is 0 Å². The molecule has 1 amide bonds. The highest BCUT2D eigenvalue weighted by molar-refractivity contribution is 6.09. The van der Waals surface area contributed by atoms with Crippen LogP contribution < -0.4 is 10.1 Å². The van der Waals surface area contributed by atoms with Crippen molar-refractivity contribution in [1.29, 1.82) is 0 Å². The second-order valence-electron chi connectivity index (χ2n) is 6.08. The Labute approximate surface area is 128 Å². The molecular weight excluding hydrogens is 286 g/mol. The van der Waals surface area contributed by atoms with Gasteiger partial charge in [-0.05, 0) is 12.1 Å². The first-order chi connectivity index (χ1) is 10.3. The summed E-state index contributed by atoms with van der Waals surface area (Å²) in [5.74, 6) is -0.828. The zero-order valence-electron chi connectivity index (χ0n) is 13.1. The number of anilines is 1. The number of ketones is 1. The fourth-order valence-corrected chi connectivity index (χ4v) is 2.05. The number of methoxy groups -OCH3 is 1. The highest BCUT2D eigenvalue weighted by Gasteiger charge is 2.30. The lowest BCUT2D eigenvalue weighted by Gasteiger charge is -2.23. The van der Waals surface area contributed by atoms with Crippen molar-refractivity contribution in [3.05, 3.63) is 23.3 Å². The molecule has 0 aliphatic carbocycles. The first-order valence-electron chi connectivity index (χ1n) is 6.98. The van der Waals surface area contributed by atoms with E-state index in [1.807, 2.05) is 0 Å². The van der Waals surface area contributed by atoms with E-state index in [4.69, 9.17) is 9.47 Å². The zero-order valence-corrected chi connectivity index (χ0v) is 13.1. The first-order valence-corrected chi connectivity index (χ1v) is 6.98. The lowest BCUT2D eigenvalue weighted by atomic mass is 9.94. The van der Waals surface area contributed by atoms with E-state index in [1.165, 1.54) is 13.2 Å². The van der Waals surface area contributed by atoms with Gasteiger partial charge in [0.1, 0.15) is 11.3 Å². The van der Waals surface area contributed by atoms with Gasteiger partial charge >= 0.3 is 5.97 Å². The summed E-state index contributed by atoms with van der Waals surface area (Å²) in [6, 6.07) is 3.09. The minimum atomic E-state index is -0.657. The molecule has 1 aliphatic rings. The number of carbonyl (C=O) groups is 3. The summed E-state index contributed by atoms with van der Waals surface area (Å²) in [5.41, 5.74) is 0.0613. The van der Waals surface area contributed by atoms with Crippen LogP contribution in [-0.4, -0.2) is 31.4 Å². The van der Waals surface area contributed by atoms with Crippen molar-refractivity contribution in [2.45, 2.75) is 27.2 Å². The van der Waals surface area contributed by atoms with Crippen molar-refractivity contribution < 1.29 is 23.9 Å². The number of Topliss-reactive ketones (excluding diaryl/α,β-unsaturated/α-hetero) is 1. The molecule has 0 bridgehead atoms. The van der Waals surface area contributed by atoms with Crippen LogP contribution >= 0.6 is 0 Å². The van der Waals surface area contributed by atoms with Gasteiger partial charge in [-0.1, -0.05) is 20.8 Å². The van der Waals surface area contributed by atoms with Gasteiger partial charge in [-0.2, -0.15) is 0 Å². The molecule has 0 fully saturated rings. The third-order valence-electron chi connectivity index (χ3n) is 3.35. The number of ether oxygens (including phenoxy) is 2. The number of amides is 1. The van der Waals surface area contributed by atoms with Crippen LogP contribution in [0.15, 0.2) is 12.1 Å². The van der Waals surface area contributed by atoms with Crippen molar-refractivity contribution in [1.82, 2.24) is 0 Å². The van der Waals surface area contributed by atoms with Gasteiger partial charge in [0.25, 0.3) is 0 Å². The van der Waals surface area contributed by atoms with E-state index in [1.54, 1.807) is 26.8 Å². The molecule has 0 saturated heterocycles. The van der Waals surface area contributed by atoms with E-state index in [-0.39, 0.29) is 41.7 Å². The van der Waals surface area contributed by atoms with E-state index < -0.39 is 11.4 Å². The minimum Gasteiger partial charge on any atom is -0.491 e. The Kier molecular flexibility index (Phi) is 4.21. The summed E-state index contributed by atoms with van der Waals surface area (Å²) in [6.07, 6.45) is 0.265. The molecular formula is C16H19NO5. The van der Waals surface area contributed by atoms with Gasteiger partial charge in [0.15, 0.2) is 5.78 Å². The summed E-state index contributed by atoms with van der Waals surface area (Å²) in [6.45, 7) is 5.49. The Bertz CT molecular complexity index is 643. The summed E-state index contributed by atoms with van der Waals surface area (Å²) >= 11 is 0. The number of carbonyl (C=O) groups excluding carboxylic acids is 3. The fourth-order valence-electron chi connectivity index (χ4n) is 2.05. The lowest BCUT2D eigenvalue weighted by molar-refractivity contribution is -0.123. The number of rotatable bonds is 2. The number of hydrogen-bond acceptors (Lipinski definition) is 5. The summed E-state index contributed by atoms with van der Waals surface area (Å²) in [4.78, 5) is 36.2. The maximum atomic E-state index is 12.2. The number of benzene rings is 1. The smallest absolute Gasteiger partial charge is 0.343 e. The van der Waals surface area contributed by atoms with E-state index in [0.29, 0.717) is 5.56 Å². The van der Waals surface area contributed by atoms with Crippen LogP contribution in [0, 0.1) is 5.41 Å². The molecule has 1 aliphatic heterocycles. The topological polar surface area (TPSA) is 81.7 Å². The summed E-state index contributed by atoms with van der Waals surface area (Å²) in [7, 11) is 1.24. The molecule has 1 N–H and O–H groups in total. The van der Waals surface area contributed by atoms with Crippen LogP contribution in [-0.2, 0) is 9.53 Å². The molecule has 6 heteroatoms. The highest BCUT2D eigenvalue weighted by atomic mass is 16.5. The maximum absolute atomic E-state index is 12.2. The molecule has 22 heavy (non-hydrogen) atoms. The molecule has 1 aromatic rings. The molecule has 2 rings (SSSR count). The molecule has 0 unspecified atom stereocenters. The Morgan fingerprint density at radius 2 is 1.95 bits per heavy atom. The van der Waals surface area contributed by atoms with E-state index in [9.17, 15) is 14.4 Å². The SMILES string of the molecule is COC(=O)c1c(NC(=O)C(C)(C)C)ccc2c1OCCC2=O. The van der Waals surface area contributed by atoms with Crippen molar-refractivity contribution in [2.24, 2.45) is 5.41 Å². The number of fused-ring (bicyclic) bond motifs is 1. The van der Waals surface area contributed by atoms with E-state index in [0.717, 1.165) is 0 Å². The largest absolute Gasteiger partial charge is 0.491 e. The number of esters is 1. The Balaban J connectivity index is 2.53. The quantitative estimate of drug-likeness (QED) is 0.849. The van der Waals surface area contributed by atoms with Crippen LogP contribution in [0.5, 0.6) is 5.75 Å². The molecule has 1 heterocycles. The summed E-state index contributed by atoms with van der Waals surface area (Å²) in [5, 5.41) is 2.70. The second kappa shape index (κ2) is 5.79. The third-order valence-corrected chi connectivity index (χ3v) is 3.35. The molecule has 0 radical (unpaired) electrons. The Hall–Kier alpha value is -2.37. The molecule has 6 nitrogen and oxygen atoms in total. The number of hydrogen-bond donors (Lipinski definition) is 1. The van der Waals surface area contributed by atoms with Crippen molar-refractivity contribution >= 4 is 23.3 Å². The standard InChI is InChI=1S/C16H19NO5/c1-16(2,3)15(20)17-10-6-5-9-11(18)7-8-22-13(9)12(10)14(19)21-4/h5-6H,7-8H2,1-4H3,(H,17,20). The van der Waals surface area contributed by atoms with Gasteiger partial charge in [-0.25, -0.2) is 4.79 Å². The van der Waals surface area contributed by atoms with Gasteiger partial charge < -0.3 is 14.8 Å². The molecule has 0 aromatic heterocycles. The van der Waals surface area contributed by atoms with Crippen molar-refractivity contribution in [2.75, 3.05) is 19.0 Å². The third kappa shape index (κ3) is 2.95. The fraction of sp³-hybridized carbons (Fsp3) is 0.438. The molecule has 0 atom stereocenters. The first kappa shape index (κ1) is 16.0. The van der Waals surface area contributed by atoms with Crippen LogP contribution in [0.1, 0.15) is 47.9 Å². The predicted octanol–water partition coefficient (Wildman–Crippen LogP) is 2.42. The van der Waals surface area contributed by atoms with Gasteiger partial charge in [0.05, 0.1) is 25.0 Å². The van der Waals surface area contributed by atoms with Crippen LogP contribution in [0.4, 0.5) is 5.69 Å². The highest BCUT2D eigenvalue weighted by Crippen LogP contribution is 2.35. The predicted molar refractivity (Wildman–Crippen MR) is 80.3 cm³/mol.